The zero-order chi connectivity index (χ0) is 24.5. The molecule has 0 radical (unpaired) electrons. The van der Waals surface area contributed by atoms with Crippen LogP contribution in [0.4, 0.5) is 11.6 Å². The Morgan fingerprint density at radius 1 is 0.778 bits per heavy atom. The molecule has 4 aliphatic heterocycles. The third-order valence-electron chi connectivity index (χ3n) is 5.92. The van der Waals surface area contributed by atoms with Crippen LogP contribution in [-0.4, -0.2) is 24.3 Å². The lowest BCUT2D eigenvalue weighted by Gasteiger charge is -2.12. The maximum atomic E-state index is 5.16. The molecule has 2 aromatic heterocycles. The molecule has 176 valence electrons. The average Bonchev–Trinajstić information content (AvgIpc) is 3.55. The number of fused-ring (bicyclic) bond motifs is 3. The average molecular weight is 476 g/mol. The van der Waals surface area contributed by atoms with E-state index in [1.165, 1.54) is 0 Å². The van der Waals surface area contributed by atoms with Crippen LogP contribution in [0.5, 0.6) is 0 Å². The Labute approximate surface area is 207 Å². The predicted molar refractivity (Wildman–Crippen MR) is 143 cm³/mol. The van der Waals surface area contributed by atoms with E-state index in [4.69, 9.17) is 9.68 Å². The van der Waals surface area contributed by atoms with E-state index in [1.807, 2.05) is 70.1 Å². The summed E-state index contributed by atoms with van der Waals surface area (Å²) in [6.07, 6.45) is 20.1. The van der Waals surface area contributed by atoms with Gasteiger partial charge in [0.2, 0.25) is 0 Å². The van der Waals surface area contributed by atoms with Crippen molar-refractivity contribution in [2.24, 2.45) is 0 Å². The summed E-state index contributed by atoms with van der Waals surface area (Å²) in [5.74, 6) is 1.65. The molecular formula is C27H21N7O2. The fourth-order valence-corrected chi connectivity index (χ4v) is 4.15. The molecule has 0 atom stereocenters. The molecule has 2 N–H and O–H groups in total. The number of nitrogens with one attached hydrogen (secondary N) is 2. The molecule has 0 saturated heterocycles. The minimum atomic E-state index is 0.710. The van der Waals surface area contributed by atoms with Crippen LogP contribution < -0.4 is 11.0 Å². The van der Waals surface area contributed by atoms with Crippen LogP contribution in [0.1, 0.15) is 33.9 Å². The number of aromatic nitrogens is 5. The van der Waals surface area contributed by atoms with Crippen molar-refractivity contribution in [2.45, 2.75) is 0 Å². The van der Waals surface area contributed by atoms with Gasteiger partial charge < -0.3 is 9.68 Å². The van der Waals surface area contributed by atoms with Crippen LogP contribution in [0, 0.1) is 0 Å². The quantitative estimate of drug-likeness (QED) is 0.365. The van der Waals surface area contributed by atoms with Gasteiger partial charge in [0, 0.05) is 29.1 Å². The summed E-state index contributed by atoms with van der Waals surface area (Å²) in [7, 11) is 0. The molecule has 0 saturated carbocycles. The first-order valence-electron chi connectivity index (χ1n) is 11.2. The second-order valence-corrected chi connectivity index (χ2v) is 7.97. The van der Waals surface area contributed by atoms with Gasteiger partial charge in [-0.15, -0.1) is 10.2 Å². The monoisotopic (exact) mass is 475 g/mol. The van der Waals surface area contributed by atoms with Crippen LogP contribution in [0.2, 0.25) is 0 Å². The van der Waals surface area contributed by atoms with Crippen molar-refractivity contribution in [1.29, 1.82) is 0 Å². The lowest BCUT2D eigenvalue weighted by molar-refractivity contribution is 0.321. The van der Waals surface area contributed by atoms with Crippen LogP contribution in [-0.2, 0) is 9.68 Å². The molecular weight excluding hydrogens is 454 g/mol. The van der Waals surface area contributed by atoms with Gasteiger partial charge in [0.25, 0.3) is 0 Å². The van der Waals surface area contributed by atoms with Crippen LogP contribution in [0.25, 0.3) is 60.1 Å². The maximum absolute atomic E-state index is 5.16. The predicted octanol–water partition coefficient (Wildman–Crippen LogP) is 5.78. The standard InChI is InChI=1S/C27H21N7O2/c1-3-18-15-26-31-35-13-11-33(26)24(18)9-6-20-5-7-21-22(29-30-23(21)17-28-20)8-10-25-19(4-2)16-27-32-36-14-12-34(25)27/h3-17,31-32H,1-2H2/b9-6+,10-8+. The van der Waals surface area contributed by atoms with Gasteiger partial charge in [0.15, 0.2) is 0 Å². The van der Waals surface area contributed by atoms with E-state index < -0.39 is 0 Å². The van der Waals surface area contributed by atoms with Gasteiger partial charge in [-0.3, -0.25) is 14.1 Å². The summed E-state index contributed by atoms with van der Waals surface area (Å²) < 4.78 is 3.97. The van der Waals surface area contributed by atoms with E-state index >= 15 is 0 Å². The van der Waals surface area contributed by atoms with Crippen molar-refractivity contribution >= 4 is 60.5 Å². The lowest BCUT2D eigenvalue weighted by atomic mass is 10.1. The van der Waals surface area contributed by atoms with Crippen LogP contribution >= 0.6 is 0 Å². The molecule has 0 aromatic carbocycles. The highest BCUT2D eigenvalue weighted by molar-refractivity contribution is 5.82. The van der Waals surface area contributed by atoms with Gasteiger partial charge in [-0.25, -0.2) is 11.0 Å². The van der Waals surface area contributed by atoms with Gasteiger partial charge in [0.1, 0.15) is 29.9 Å². The van der Waals surface area contributed by atoms with Gasteiger partial charge >= 0.3 is 0 Å². The van der Waals surface area contributed by atoms with E-state index in [0.717, 1.165) is 51.1 Å². The molecule has 4 aliphatic rings. The van der Waals surface area contributed by atoms with Crippen molar-refractivity contribution in [3.8, 4) is 11.3 Å². The lowest BCUT2D eigenvalue weighted by Crippen LogP contribution is -2.06. The Hall–Kier alpha value is -5.31. The molecule has 9 nitrogen and oxygen atoms in total. The smallest absolute Gasteiger partial charge is 0.146 e. The number of hydrogen-bond donors (Lipinski definition) is 2. The molecule has 6 heterocycles. The van der Waals surface area contributed by atoms with Gasteiger partial charge in [0.05, 0.1) is 29.0 Å². The summed E-state index contributed by atoms with van der Waals surface area (Å²) in [6, 6.07) is 7.86. The van der Waals surface area contributed by atoms with E-state index in [-0.39, 0.29) is 0 Å². The third kappa shape index (κ3) is 3.64. The van der Waals surface area contributed by atoms with Crippen molar-refractivity contribution in [3.05, 3.63) is 90.0 Å². The van der Waals surface area contributed by atoms with E-state index in [1.54, 1.807) is 30.9 Å². The summed E-state index contributed by atoms with van der Waals surface area (Å²) in [5, 5.41) is 8.66. The molecule has 0 spiro atoms. The van der Waals surface area contributed by atoms with Crippen molar-refractivity contribution in [3.63, 3.8) is 0 Å². The molecule has 0 bridgehead atoms. The SMILES string of the molecule is C=Cc1cc2n(c1/C=C/c1ccc3c(/C=C/c4c(C=C)cc5n4C=CON5)nnc-3cn1)C=CON2. The fraction of sp³-hybridized carbons (Fsp3) is 0. The first kappa shape index (κ1) is 21.2. The summed E-state index contributed by atoms with van der Waals surface area (Å²) in [4.78, 5) is 14.9. The normalized spacial score (nSPS) is 13.7. The van der Waals surface area contributed by atoms with E-state index in [0.29, 0.717) is 5.69 Å². The molecule has 0 amide bonds. The van der Waals surface area contributed by atoms with Gasteiger partial charge in [-0.05, 0) is 48.6 Å². The summed E-state index contributed by atoms with van der Waals surface area (Å²) >= 11 is 0. The minimum absolute atomic E-state index is 0.710. The molecule has 2 aromatic rings. The molecule has 0 unspecified atom stereocenters. The van der Waals surface area contributed by atoms with Crippen LogP contribution in [0.15, 0.2) is 56.1 Å². The number of nitrogens with zero attached hydrogens (tertiary/aromatic N) is 5. The Balaban J connectivity index is 1.31. The highest BCUT2D eigenvalue weighted by Crippen LogP contribution is 2.29. The fourth-order valence-electron chi connectivity index (χ4n) is 4.15. The zero-order valence-electron chi connectivity index (χ0n) is 19.1. The number of rotatable bonds is 6. The highest BCUT2D eigenvalue weighted by atomic mass is 16.6. The molecule has 9 heteroatoms. The third-order valence-corrected chi connectivity index (χ3v) is 5.92. The van der Waals surface area contributed by atoms with Crippen molar-refractivity contribution in [1.82, 2.24) is 24.3 Å². The van der Waals surface area contributed by atoms with E-state index in [9.17, 15) is 0 Å². The van der Waals surface area contributed by atoms with Crippen molar-refractivity contribution in [2.75, 3.05) is 11.0 Å². The Bertz CT molecular complexity index is 1590. The highest BCUT2D eigenvalue weighted by Gasteiger charge is 2.15. The maximum Gasteiger partial charge on any atom is 0.146 e. The number of hydrogen-bond acceptors (Lipinski definition) is 7. The molecule has 6 rings (SSSR count). The molecule has 0 fully saturated rings. The molecule has 0 aliphatic carbocycles. The topological polar surface area (TPSA) is 91.0 Å². The Morgan fingerprint density at radius 3 is 2.06 bits per heavy atom. The first-order chi connectivity index (χ1) is 17.7. The van der Waals surface area contributed by atoms with Gasteiger partial charge in [-0.1, -0.05) is 25.3 Å². The molecule has 36 heavy (non-hydrogen) atoms. The van der Waals surface area contributed by atoms with Gasteiger partial charge in [-0.2, -0.15) is 0 Å². The van der Waals surface area contributed by atoms with Crippen molar-refractivity contribution < 1.29 is 9.68 Å². The van der Waals surface area contributed by atoms with Crippen LogP contribution in [0.3, 0.4) is 0 Å². The first-order valence-corrected chi connectivity index (χ1v) is 11.2. The minimum Gasteiger partial charge on any atom is -0.387 e. The Kier molecular flexibility index (Phi) is 5.19. The summed E-state index contributed by atoms with van der Waals surface area (Å²) in [5.41, 5.74) is 12.7. The zero-order valence-corrected chi connectivity index (χ0v) is 19.1. The second kappa shape index (κ2) is 8.80. The largest absolute Gasteiger partial charge is 0.387 e. The van der Waals surface area contributed by atoms with E-state index in [2.05, 4.69) is 39.3 Å². The summed E-state index contributed by atoms with van der Waals surface area (Å²) in [6.45, 7) is 7.83. The Morgan fingerprint density at radius 2 is 1.42 bits per heavy atom. The second-order valence-electron chi connectivity index (χ2n) is 7.97. The number of anilines is 2.